The van der Waals surface area contributed by atoms with Crippen LogP contribution in [0.15, 0.2) is 22.7 Å². The second kappa shape index (κ2) is 6.25. The first-order valence-corrected chi connectivity index (χ1v) is 8.82. The smallest absolute Gasteiger partial charge is 0.0650 e. The summed E-state index contributed by atoms with van der Waals surface area (Å²) in [5.41, 5.74) is 1.20. The monoisotopic (exact) mass is 356 g/mol. The number of benzene rings is 1. The summed E-state index contributed by atoms with van der Waals surface area (Å²) in [7, 11) is 0. The number of halogens is 2. The molecule has 3 rings (SSSR count). The Morgan fingerprint density at radius 1 is 1.30 bits per heavy atom. The van der Waals surface area contributed by atoms with Gasteiger partial charge in [-0.15, -0.1) is 0 Å². The predicted molar refractivity (Wildman–Crippen MR) is 89.8 cm³/mol. The van der Waals surface area contributed by atoms with E-state index in [0.717, 1.165) is 16.0 Å². The Bertz CT molecular complexity index is 480. The van der Waals surface area contributed by atoms with Crippen LogP contribution in [0.4, 0.5) is 5.69 Å². The van der Waals surface area contributed by atoms with Crippen molar-refractivity contribution in [2.75, 3.05) is 24.5 Å². The van der Waals surface area contributed by atoms with E-state index < -0.39 is 0 Å². The number of piperidine rings is 1. The molecule has 0 bridgehead atoms. The van der Waals surface area contributed by atoms with Crippen LogP contribution in [0.3, 0.4) is 0 Å². The zero-order valence-electron chi connectivity index (χ0n) is 12.0. The van der Waals surface area contributed by atoms with Gasteiger partial charge in [0.2, 0.25) is 0 Å². The molecule has 0 aromatic heterocycles. The predicted octanol–water partition coefficient (Wildman–Crippen LogP) is 4.56. The first-order chi connectivity index (χ1) is 9.69. The highest BCUT2D eigenvalue weighted by molar-refractivity contribution is 9.10. The van der Waals surface area contributed by atoms with Gasteiger partial charge in [-0.25, -0.2) is 0 Å². The van der Waals surface area contributed by atoms with Gasteiger partial charge in [-0.05, 0) is 44.0 Å². The minimum absolute atomic E-state index is 0.586. The van der Waals surface area contributed by atoms with Crippen LogP contribution < -0.4 is 4.90 Å². The van der Waals surface area contributed by atoms with Crippen LogP contribution in [-0.4, -0.2) is 36.6 Å². The number of rotatable bonds is 2. The van der Waals surface area contributed by atoms with Crippen molar-refractivity contribution in [2.24, 2.45) is 0 Å². The van der Waals surface area contributed by atoms with Crippen LogP contribution >= 0.6 is 27.5 Å². The maximum atomic E-state index is 6.48. The molecule has 0 N–H and O–H groups in total. The highest BCUT2D eigenvalue weighted by Crippen LogP contribution is 2.34. The molecule has 110 valence electrons. The third-order valence-corrected chi connectivity index (χ3v) is 5.53. The average Bonchev–Trinajstić information content (AvgIpc) is 2.46. The van der Waals surface area contributed by atoms with Crippen LogP contribution in [0.1, 0.15) is 32.6 Å². The molecule has 0 aliphatic carbocycles. The van der Waals surface area contributed by atoms with E-state index in [9.17, 15) is 0 Å². The highest BCUT2D eigenvalue weighted by atomic mass is 79.9. The SMILES string of the molecule is CCC1CN2CCCCC2CN1c1ccc(Br)cc1Cl. The zero-order valence-corrected chi connectivity index (χ0v) is 14.3. The summed E-state index contributed by atoms with van der Waals surface area (Å²) in [6.07, 6.45) is 5.25. The summed E-state index contributed by atoms with van der Waals surface area (Å²) < 4.78 is 1.05. The molecule has 2 aliphatic heterocycles. The molecule has 0 saturated carbocycles. The first-order valence-electron chi connectivity index (χ1n) is 7.64. The Labute approximate surface area is 135 Å². The van der Waals surface area contributed by atoms with Crippen molar-refractivity contribution in [1.82, 2.24) is 4.90 Å². The molecular formula is C16H22BrClN2. The molecule has 1 aromatic rings. The van der Waals surface area contributed by atoms with Crippen LogP contribution in [0.5, 0.6) is 0 Å². The minimum Gasteiger partial charge on any atom is -0.364 e. The lowest BCUT2D eigenvalue weighted by Gasteiger charge is -2.49. The third-order valence-electron chi connectivity index (χ3n) is 4.73. The van der Waals surface area contributed by atoms with Gasteiger partial charge >= 0.3 is 0 Å². The molecule has 0 radical (unpaired) electrons. The van der Waals surface area contributed by atoms with Crippen LogP contribution in [0.2, 0.25) is 5.02 Å². The topological polar surface area (TPSA) is 6.48 Å². The van der Waals surface area contributed by atoms with Crippen LogP contribution in [0, 0.1) is 0 Å². The summed E-state index contributed by atoms with van der Waals surface area (Å²) in [6, 6.07) is 7.57. The Morgan fingerprint density at radius 3 is 2.90 bits per heavy atom. The van der Waals surface area contributed by atoms with Gasteiger partial charge in [-0.3, -0.25) is 4.90 Å². The quantitative estimate of drug-likeness (QED) is 0.766. The molecule has 2 atom stereocenters. The highest BCUT2D eigenvalue weighted by Gasteiger charge is 2.34. The van der Waals surface area contributed by atoms with Gasteiger partial charge < -0.3 is 4.90 Å². The Balaban J connectivity index is 1.86. The molecule has 1 aromatic carbocycles. The van der Waals surface area contributed by atoms with Crippen molar-refractivity contribution in [1.29, 1.82) is 0 Å². The van der Waals surface area contributed by atoms with Crippen LogP contribution in [0.25, 0.3) is 0 Å². The summed E-state index contributed by atoms with van der Waals surface area (Å²) >= 11 is 9.97. The van der Waals surface area contributed by atoms with E-state index in [2.05, 4.69) is 44.8 Å². The van der Waals surface area contributed by atoms with E-state index in [1.54, 1.807) is 0 Å². The molecule has 2 fully saturated rings. The molecule has 0 amide bonds. The number of hydrogen-bond acceptors (Lipinski definition) is 2. The summed E-state index contributed by atoms with van der Waals surface area (Å²) in [5, 5.41) is 0.863. The zero-order chi connectivity index (χ0) is 14.1. The molecule has 2 nitrogen and oxygen atoms in total. The summed E-state index contributed by atoms with van der Waals surface area (Å²) in [6.45, 7) is 5.88. The maximum Gasteiger partial charge on any atom is 0.0650 e. The van der Waals surface area contributed by atoms with E-state index in [1.165, 1.54) is 44.5 Å². The Morgan fingerprint density at radius 2 is 2.15 bits per heavy atom. The van der Waals surface area contributed by atoms with Crippen molar-refractivity contribution in [3.63, 3.8) is 0 Å². The van der Waals surface area contributed by atoms with Gasteiger partial charge in [0.25, 0.3) is 0 Å². The largest absolute Gasteiger partial charge is 0.364 e. The van der Waals surface area contributed by atoms with Crippen LogP contribution in [-0.2, 0) is 0 Å². The lowest BCUT2D eigenvalue weighted by molar-refractivity contribution is 0.111. The lowest BCUT2D eigenvalue weighted by Crippen LogP contribution is -2.59. The van der Waals surface area contributed by atoms with E-state index in [0.29, 0.717) is 12.1 Å². The van der Waals surface area contributed by atoms with Gasteiger partial charge in [-0.2, -0.15) is 0 Å². The fourth-order valence-electron chi connectivity index (χ4n) is 3.61. The molecular weight excluding hydrogens is 336 g/mol. The second-order valence-electron chi connectivity index (χ2n) is 5.95. The first kappa shape index (κ1) is 14.7. The molecule has 2 aliphatic rings. The number of piperazine rings is 1. The molecule has 2 heterocycles. The van der Waals surface area contributed by atoms with E-state index in [-0.39, 0.29) is 0 Å². The normalized spacial score (nSPS) is 27.4. The van der Waals surface area contributed by atoms with Gasteiger partial charge in [-0.1, -0.05) is 40.9 Å². The van der Waals surface area contributed by atoms with Crippen molar-refractivity contribution in [3.8, 4) is 0 Å². The number of hydrogen-bond donors (Lipinski definition) is 0. The fourth-order valence-corrected chi connectivity index (χ4v) is 4.39. The van der Waals surface area contributed by atoms with Crippen molar-refractivity contribution in [3.05, 3.63) is 27.7 Å². The average molecular weight is 358 g/mol. The molecule has 0 spiro atoms. The fraction of sp³-hybridized carbons (Fsp3) is 0.625. The molecule has 4 heteroatoms. The summed E-state index contributed by atoms with van der Waals surface area (Å²) in [4.78, 5) is 5.24. The van der Waals surface area contributed by atoms with Crippen molar-refractivity contribution in [2.45, 2.75) is 44.7 Å². The number of nitrogens with zero attached hydrogens (tertiary/aromatic N) is 2. The minimum atomic E-state index is 0.586. The molecule has 20 heavy (non-hydrogen) atoms. The molecule has 2 unspecified atom stereocenters. The lowest BCUT2D eigenvalue weighted by atomic mass is 9.95. The van der Waals surface area contributed by atoms with Gasteiger partial charge in [0.05, 0.1) is 10.7 Å². The van der Waals surface area contributed by atoms with Crippen molar-refractivity contribution < 1.29 is 0 Å². The number of anilines is 1. The standard InChI is InChI=1S/C16H22BrClN2/c1-2-13-10-19-8-4-3-5-14(19)11-20(13)16-7-6-12(17)9-15(16)18/h6-7,9,13-14H,2-5,8,10-11H2,1H3. The van der Waals surface area contributed by atoms with E-state index in [4.69, 9.17) is 11.6 Å². The van der Waals surface area contributed by atoms with Gasteiger partial charge in [0.15, 0.2) is 0 Å². The third kappa shape index (κ3) is 2.86. The molecule has 2 saturated heterocycles. The maximum absolute atomic E-state index is 6.48. The van der Waals surface area contributed by atoms with E-state index in [1.807, 2.05) is 6.07 Å². The number of fused-ring (bicyclic) bond motifs is 1. The summed E-state index contributed by atoms with van der Waals surface area (Å²) in [5.74, 6) is 0. The van der Waals surface area contributed by atoms with E-state index >= 15 is 0 Å². The second-order valence-corrected chi connectivity index (χ2v) is 7.28. The van der Waals surface area contributed by atoms with Gasteiger partial charge in [0, 0.05) is 29.6 Å². The van der Waals surface area contributed by atoms with Crippen molar-refractivity contribution >= 4 is 33.2 Å². The Hall–Kier alpha value is -0.250. The van der Waals surface area contributed by atoms with Gasteiger partial charge in [0.1, 0.15) is 0 Å². The Kier molecular flexibility index (Phi) is 4.58.